The summed E-state index contributed by atoms with van der Waals surface area (Å²) in [7, 11) is 1.57. The van der Waals surface area contributed by atoms with E-state index >= 15 is 0 Å². The molecule has 1 unspecified atom stereocenters. The normalized spacial score (nSPS) is 11.8. The molecule has 0 saturated carbocycles. The van der Waals surface area contributed by atoms with Crippen LogP contribution >= 0.6 is 27.5 Å². The third kappa shape index (κ3) is 3.99. The van der Waals surface area contributed by atoms with E-state index < -0.39 is 0 Å². The molecular weight excluding hydrogens is 354 g/mol. The highest BCUT2D eigenvalue weighted by Crippen LogP contribution is 2.24. The minimum absolute atomic E-state index is 0.144. The van der Waals surface area contributed by atoms with Crippen molar-refractivity contribution in [3.63, 3.8) is 0 Å². The molecule has 0 aliphatic carbocycles. The second-order valence-electron chi connectivity index (χ2n) is 4.60. The summed E-state index contributed by atoms with van der Waals surface area (Å²) >= 11 is 9.35. The molecule has 0 saturated heterocycles. The molecule has 2 aromatic carbocycles. The number of hydrogen-bond donors (Lipinski definition) is 1. The summed E-state index contributed by atoms with van der Waals surface area (Å²) in [6, 6.07) is 12.6. The molecule has 2 aromatic rings. The van der Waals surface area contributed by atoms with Crippen LogP contribution in [0.2, 0.25) is 5.02 Å². The van der Waals surface area contributed by atoms with Crippen molar-refractivity contribution in [3.05, 3.63) is 63.1 Å². The number of carbonyl (C=O) groups is 1. The number of ether oxygens (including phenoxy) is 1. The largest absolute Gasteiger partial charge is 0.497 e. The van der Waals surface area contributed by atoms with Gasteiger partial charge in [0.05, 0.1) is 18.7 Å². The molecule has 0 aliphatic rings. The fraction of sp³-hybridized carbons (Fsp3) is 0.188. The Morgan fingerprint density at radius 2 is 2.05 bits per heavy atom. The first-order valence-electron chi connectivity index (χ1n) is 6.41. The third-order valence-electron chi connectivity index (χ3n) is 3.11. The summed E-state index contributed by atoms with van der Waals surface area (Å²) in [5.41, 5.74) is 1.48. The lowest BCUT2D eigenvalue weighted by Crippen LogP contribution is -2.27. The molecule has 0 aliphatic heterocycles. The van der Waals surface area contributed by atoms with Crippen molar-refractivity contribution in [2.24, 2.45) is 0 Å². The van der Waals surface area contributed by atoms with Crippen molar-refractivity contribution in [1.29, 1.82) is 0 Å². The highest BCUT2D eigenvalue weighted by molar-refractivity contribution is 9.10. The van der Waals surface area contributed by atoms with Gasteiger partial charge in [0.1, 0.15) is 5.75 Å². The topological polar surface area (TPSA) is 38.3 Å². The van der Waals surface area contributed by atoms with Crippen molar-refractivity contribution < 1.29 is 9.53 Å². The monoisotopic (exact) mass is 367 g/mol. The van der Waals surface area contributed by atoms with Gasteiger partial charge < -0.3 is 10.1 Å². The average Bonchev–Trinajstić information content (AvgIpc) is 2.47. The Morgan fingerprint density at radius 3 is 2.71 bits per heavy atom. The molecule has 0 aromatic heterocycles. The Balaban J connectivity index is 2.18. The second kappa shape index (κ2) is 6.96. The van der Waals surface area contributed by atoms with Crippen LogP contribution in [0.1, 0.15) is 28.9 Å². The van der Waals surface area contributed by atoms with Crippen LogP contribution in [0.25, 0.3) is 0 Å². The highest BCUT2D eigenvalue weighted by atomic mass is 79.9. The van der Waals surface area contributed by atoms with E-state index in [1.807, 2.05) is 25.1 Å². The van der Waals surface area contributed by atoms with Crippen molar-refractivity contribution >= 4 is 33.4 Å². The highest BCUT2D eigenvalue weighted by Gasteiger charge is 2.15. The SMILES string of the molecule is COc1ccc(Br)c(C(=O)NC(C)c2cccc(Cl)c2)c1. The van der Waals surface area contributed by atoms with Gasteiger partial charge in [0.2, 0.25) is 0 Å². The Kier molecular flexibility index (Phi) is 5.26. The molecule has 3 nitrogen and oxygen atoms in total. The Bertz CT molecular complexity index is 660. The van der Waals surface area contributed by atoms with E-state index in [0.29, 0.717) is 16.3 Å². The van der Waals surface area contributed by atoms with Crippen LogP contribution in [0.5, 0.6) is 5.75 Å². The maximum absolute atomic E-state index is 12.4. The molecule has 0 radical (unpaired) electrons. The van der Waals surface area contributed by atoms with Crippen molar-refractivity contribution in [2.45, 2.75) is 13.0 Å². The van der Waals surface area contributed by atoms with Gasteiger partial charge in [-0.2, -0.15) is 0 Å². The lowest BCUT2D eigenvalue weighted by atomic mass is 10.1. The number of carbonyl (C=O) groups excluding carboxylic acids is 1. The summed E-state index contributed by atoms with van der Waals surface area (Å²) in [5, 5.41) is 3.60. The molecule has 0 fully saturated rings. The maximum Gasteiger partial charge on any atom is 0.253 e. The van der Waals surface area contributed by atoms with Crippen LogP contribution in [0.15, 0.2) is 46.9 Å². The number of hydrogen-bond acceptors (Lipinski definition) is 2. The number of halogens is 2. The molecule has 1 atom stereocenters. The Morgan fingerprint density at radius 1 is 1.29 bits per heavy atom. The van der Waals surface area contributed by atoms with Crippen LogP contribution in [-0.4, -0.2) is 13.0 Å². The van der Waals surface area contributed by atoms with Gasteiger partial charge in [0, 0.05) is 9.50 Å². The lowest BCUT2D eigenvalue weighted by molar-refractivity contribution is 0.0938. The zero-order chi connectivity index (χ0) is 15.4. The van der Waals surface area contributed by atoms with Gasteiger partial charge in [0.25, 0.3) is 5.91 Å². The van der Waals surface area contributed by atoms with Gasteiger partial charge in [-0.05, 0) is 58.7 Å². The predicted octanol–water partition coefficient (Wildman–Crippen LogP) is 4.60. The fourth-order valence-corrected chi connectivity index (χ4v) is 2.56. The first-order valence-corrected chi connectivity index (χ1v) is 7.58. The number of methoxy groups -OCH3 is 1. The van der Waals surface area contributed by atoms with E-state index in [1.54, 1.807) is 31.4 Å². The van der Waals surface area contributed by atoms with Crippen molar-refractivity contribution in [1.82, 2.24) is 5.32 Å². The predicted molar refractivity (Wildman–Crippen MR) is 88.0 cm³/mol. The van der Waals surface area contributed by atoms with Crippen LogP contribution in [-0.2, 0) is 0 Å². The molecular formula is C16H15BrClNO2. The van der Waals surface area contributed by atoms with E-state index in [4.69, 9.17) is 16.3 Å². The van der Waals surface area contributed by atoms with E-state index in [9.17, 15) is 4.79 Å². The Hall–Kier alpha value is -1.52. The average molecular weight is 369 g/mol. The Labute approximate surface area is 137 Å². The molecule has 5 heteroatoms. The summed E-state index contributed by atoms with van der Waals surface area (Å²) in [6.07, 6.45) is 0. The summed E-state index contributed by atoms with van der Waals surface area (Å²) in [4.78, 5) is 12.4. The van der Waals surface area contributed by atoms with Gasteiger partial charge in [0.15, 0.2) is 0 Å². The smallest absolute Gasteiger partial charge is 0.253 e. The van der Waals surface area contributed by atoms with Crippen molar-refractivity contribution in [3.8, 4) is 5.75 Å². The van der Waals surface area contributed by atoms with Gasteiger partial charge in [-0.15, -0.1) is 0 Å². The van der Waals surface area contributed by atoms with Crippen LogP contribution in [0.4, 0.5) is 0 Å². The number of benzene rings is 2. The fourth-order valence-electron chi connectivity index (χ4n) is 1.94. The van der Waals surface area contributed by atoms with Gasteiger partial charge in [-0.3, -0.25) is 4.79 Å². The molecule has 1 N–H and O–H groups in total. The number of amides is 1. The third-order valence-corrected chi connectivity index (χ3v) is 4.04. The molecule has 2 rings (SSSR count). The van der Waals surface area contributed by atoms with Crippen LogP contribution < -0.4 is 10.1 Å². The number of nitrogens with one attached hydrogen (secondary N) is 1. The van der Waals surface area contributed by atoms with E-state index in [1.165, 1.54) is 0 Å². The molecule has 0 bridgehead atoms. The zero-order valence-corrected chi connectivity index (χ0v) is 14.0. The van der Waals surface area contributed by atoms with E-state index in [0.717, 1.165) is 10.0 Å². The van der Waals surface area contributed by atoms with Crippen LogP contribution in [0, 0.1) is 0 Å². The minimum Gasteiger partial charge on any atom is -0.497 e. The lowest BCUT2D eigenvalue weighted by Gasteiger charge is -2.15. The molecule has 1 amide bonds. The molecule has 0 heterocycles. The molecule has 0 spiro atoms. The number of rotatable bonds is 4. The first-order chi connectivity index (χ1) is 10.0. The zero-order valence-electron chi connectivity index (χ0n) is 11.7. The summed E-state index contributed by atoms with van der Waals surface area (Å²) < 4.78 is 5.87. The van der Waals surface area contributed by atoms with Gasteiger partial charge >= 0.3 is 0 Å². The van der Waals surface area contributed by atoms with Crippen molar-refractivity contribution in [2.75, 3.05) is 7.11 Å². The van der Waals surface area contributed by atoms with Crippen LogP contribution in [0.3, 0.4) is 0 Å². The summed E-state index contributed by atoms with van der Waals surface area (Å²) in [5.74, 6) is 0.465. The molecule has 21 heavy (non-hydrogen) atoms. The first kappa shape index (κ1) is 15.9. The quantitative estimate of drug-likeness (QED) is 0.856. The second-order valence-corrected chi connectivity index (χ2v) is 5.89. The van der Waals surface area contributed by atoms with Gasteiger partial charge in [-0.25, -0.2) is 0 Å². The summed E-state index contributed by atoms with van der Waals surface area (Å²) in [6.45, 7) is 1.91. The van der Waals surface area contributed by atoms with E-state index in [-0.39, 0.29) is 11.9 Å². The minimum atomic E-state index is -0.173. The maximum atomic E-state index is 12.4. The standard InChI is InChI=1S/C16H15BrClNO2/c1-10(11-4-3-5-12(18)8-11)19-16(20)14-9-13(21-2)6-7-15(14)17/h3-10H,1-2H3,(H,19,20). The van der Waals surface area contributed by atoms with E-state index in [2.05, 4.69) is 21.2 Å². The van der Waals surface area contributed by atoms with Gasteiger partial charge in [-0.1, -0.05) is 23.7 Å². The molecule has 110 valence electrons.